The highest BCUT2D eigenvalue weighted by Crippen LogP contribution is 2.21. The van der Waals surface area contributed by atoms with Crippen LogP contribution in [-0.2, 0) is 25.7 Å². The Morgan fingerprint density at radius 3 is 2.24 bits per heavy atom. The maximum Gasteiger partial charge on any atom is 0.343 e. The van der Waals surface area contributed by atoms with Crippen LogP contribution in [0.5, 0.6) is 5.75 Å². The van der Waals surface area contributed by atoms with Gasteiger partial charge in [0.05, 0.1) is 13.7 Å². The average molecular weight is 398 g/mol. The van der Waals surface area contributed by atoms with E-state index in [1.807, 2.05) is 54.6 Å². The maximum absolute atomic E-state index is 12.1. The molecule has 1 aliphatic heterocycles. The summed E-state index contributed by atoms with van der Waals surface area (Å²) in [6, 6.07) is 17.3. The summed E-state index contributed by atoms with van der Waals surface area (Å²) in [7, 11) is 1.33. The second kappa shape index (κ2) is 10.5. The number of nitrogens with zero attached hydrogens (tertiary/aromatic N) is 2. The molecule has 0 saturated carbocycles. The van der Waals surface area contributed by atoms with E-state index in [2.05, 4.69) is 14.5 Å². The molecule has 1 fully saturated rings. The number of carbonyl (C=O) groups is 2. The Balaban J connectivity index is 1.39. The van der Waals surface area contributed by atoms with E-state index in [-0.39, 0.29) is 12.6 Å². The molecule has 7 heteroatoms. The van der Waals surface area contributed by atoms with Crippen molar-refractivity contribution in [2.45, 2.75) is 6.61 Å². The highest BCUT2D eigenvalue weighted by molar-refractivity contribution is 5.72. The van der Waals surface area contributed by atoms with Crippen molar-refractivity contribution in [1.29, 1.82) is 0 Å². The van der Waals surface area contributed by atoms with Crippen molar-refractivity contribution < 1.29 is 23.8 Å². The Hall–Kier alpha value is -3.06. The van der Waals surface area contributed by atoms with E-state index in [4.69, 9.17) is 9.47 Å². The fraction of sp³-hybridized carbons (Fsp3) is 0.364. The summed E-state index contributed by atoms with van der Waals surface area (Å²) in [5, 5.41) is 0. The van der Waals surface area contributed by atoms with Gasteiger partial charge in [0.15, 0.2) is 6.61 Å². The SMILES string of the molecule is COC(=O)COc1ccc(N2CCN(CC(=O)OCc3ccccc3)CC2)cc1. The highest BCUT2D eigenvalue weighted by atomic mass is 16.6. The number of methoxy groups -OCH3 is 1. The van der Waals surface area contributed by atoms with E-state index in [0.29, 0.717) is 18.9 Å². The maximum atomic E-state index is 12.1. The molecule has 1 saturated heterocycles. The molecule has 29 heavy (non-hydrogen) atoms. The van der Waals surface area contributed by atoms with Crippen molar-refractivity contribution in [2.24, 2.45) is 0 Å². The molecule has 0 N–H and O–H groups in total. The summed E-state index contributed by atoms with van der Waals surface area (Å²) in [5.41, 5.74) is 2.08. The fourth-order valence-electron chi connectivity index (χ4n) is 3.08. The van der Waals surface area contributed by atoms with Gasteiger partial charge in [-0.2, -0.15) is 0 Å². The number of carbonyl (C=O) groups excluding carboxylic acids is 2. The third kappa shape index (κ3) is 6.50. The summed E-state index contributed by atoms with van der Waals surface area (Å²) in [5.74, 6) is 0.0147. The van der Waals surface area contributed by atoms with Crippen LogP contribution in [-0.4, -0.2) is 63.3 Å². The lowest BCUT2D eigenvalue weighted by Crippen LogP contribution is -2.48. The van der Waals surface area contributed by atoms with Crippen LogP contribution in [0.4, 0.5) is 5.69 Å². The molecular formula is C22H26N2O5. The lowest BCUT2D eigenvalue weighted by Gasteiger charge is -2.35. The van der Waals surface area contributed by atoms with Crippen molar-refractivity contribution in [3.05, 3.63) is 60.2 Å². The predicted octanol–water partition coefficient (Wildman–Crippen LogP) is 2.10. The van der Waals surface area contributed by atoms with Crippen LogP contribution >= 0.6 is 0 Å². The number of hydrogen-bond donors (Lipinski definition) is 0. The Kier molecular flexibility index (Phi) is 7.47. The number of anilines is 1. The first kappa shape index (κ1) is 20.7. The topological polar surface area (TPSA) is 68.3 Å². The van der Waals surface area contributed by atoms with Crippen LogP contribution in [0.3, 0.4) is 0 Å². The average Bonchev–Trinajstić information content (AvgIpc) is 2.77. The lowest BCUT2D eigenvalue weighted by atomic mass is 10.2. The minimum atomic E-state index is -0.410. The molecule has 0 spiro atoms. The zero-order valence-corrected chi connectivity index (χ0v) is 16.6. The monoisotopic (exact) mass is 398 g/mol. The van der Waals surface area contributed by atoms with Gasteiger partial charge in [-0.1, -0.05) is 30.3 Å². The van der Waals surface area contributed by atoms with Crippen LogP contribution in [0.25, 0.3) is 0 Å². The number of hydrogen-bond acceptors (Lipinski definition) is 7. The smallest absolute Gasteiger partial charge is 0.343 e. The van der Waals surface area contributed by atoms with E-state index in [1.165, 1.54) is 7.11 Å². The van der Waals surface area contributed by atoms with Crippen LogP contribution in [0, 0.1) is 0 Å². The minimum Gasteiger partial charge on any atom is -0.482 e. The molecule has 1 aliphatic rings. The molecule has 0 atom stereocenters. The summed E-state index contributed by atoms with van der Waals surface area (Å²) in [6.07, 6.45) is 0. The van der Waals surface area contributed by atoms with Crippen LogP contribution in [0.2, 0.25) is 0 Å². The zero-order chi connectivity index (χ0) is 20.5. The molecule has 154 valence electrons. The molecule has 3 rings (SSSR count). The molecular weight excluding hydrogens is 372 g/mol. The van der Waals surface area contributed by atoms with Gasteiger partial charge in [0.2, 0.25) is 0 Å². The number of piperazine rings is 1. The van der Waals surface area contributed by atoms with Gasteiger partial charge in [0.25, 0.3) is 0 Å². The van der Waals surface area contributed by atoms with Gasteiger partial charge in [-0.05, 0) is 29.8 Å². The molecule has 1 heterocycles. The van der Waals surface area contributed by atoms with Crippen molar-refractivity contribution in [2.75, 3.05) is 51.3 Å². The molecule has 0 bridgehead atoms. The second-order valence-electron chi connectivity index (χ2n) is 6.77. The van der Waals surface area contributed by atoms with Crippen LogP contribution < -0.4 is 9.64 Å². The number of esters is 2. The molecule has 0 unspecified atom stereocenters. The van der Waals surface area contributed by atoms with Gasteiger partial charge in [-0.15, -0.1) is 0 Å². The van der Waals surface area contributed by atoms with Crippen molar-refractivity contribution in [3.63, 3.8) is 0 Å². The Bertz CT molecular complexity index is 787. The number of ether oxygens (including phenoxy) is 3. The van der Waals surface area contributed by atoms with Gasteiger partial charge in [-0.25, -0.2) is 4.79 Å². The lowest BCUT2D eigenvalue weighted by molar-refractivity contribution is -0.146. The first-order chi connectivity index (χ1) is 14.1. The fourth-order valence-corrected chi connectivity index (χ4v) is 3.08. The van der Waals surface area contributed by atoms with Gasteiger partial charge in [0, 0.05) is 31.9 Å². The number of benzene rings is 2. The largest absolute Gasteiger partial charge is 0.482 e. The molecule has 0 radical (unpaired) electrons. The normalized spacial score (nSPS) is 14.3. The van der Waals surface area contributed by atoms with E-state index in [0.717, 1.165) is 37.4 Å². The van der Waals surface area contributed by atoms with Crippen molar-refractivity contribution >= 4 is 17.6 Å². The van der Waals surface area contributed by atoms with Crippen molar-refractivity contribution in [1.82, 2.24) is 4.90 Å². The molecule has 0 amide bonds. The summed E-state index contributed by atoms with van der Waals surface area (Å²) in [6.45, 7) is 3.75. The predicted molar refractivity (Wildman–Crippen MR) is 109 cm³/mol. The first-order valence-electron chi connectivity index (χ1n) is 9.60. The van der Waals surface area contributed by atoms with Gasteiger partial charge >= 0.3 is 11.9 Å². The first-order valence-corrected chi connectivity index (χ1v) is 9.60. The molecule has 7 nitrogen and oxygen atoms in total. The Morgan fingerprint density at radius 2 is 1.59 bits per heavy atom. The highest BCUT2D eigenvalue weighted by Gasteiger charge is 2.20. The molecule has 0 aromatic heterocycles. The molecule has 2 aromatic carbocycles. The van der Waals surface area contributed by atoms with E-state index in [1.54, 1.807) is 0 Å². The van der Waals surface area contributed by atoms with Crippen molar-refractivity contribution in [3.8, 4) is 5.75 Å². The van der Waals surface area contributed by atoms with Gasteiger partial charge in [0.1, 0.15) is 12.4 Å². The standard InChI is InChI=1S/C22H26N2O5/c1-27-22(26)17-28-20-9-7-19(8-10-20)24-13-11-23(12-14-24)15-21(25)29-16-18-5-3-2-4-6-18/h2-10H,11-17H2,1H3. The zero-order valence-electron chi connectivity index (χ0n) is 16.6. The van der Waals surface area contributed by atoms with E-state index >= 15 is 0 Å². The summed E-state index contributed by atoms with van der Waals surface area (Å²) >= 11 is 0. The molecule has 0 aliphatic carbocycles. The third-order valence-corrected chi connectivity index (χ3v) is 4.75. The van der Waals surface area contributed by atoms with E-state index < -0.39 is 5.97 Å². The summed E-state index contributed by atoms with van der Waals surface area (Å²) in [4.78, 5) is 27.6. The van der Waals surface area contributed by atoms with E-state index in [9.17, 15) is 9.59 Å². The number of rotatable bonds is 8. The van der Waals surface area contributed by atoms with Gasteiger partial charge < -0.3 is 19.1 Å². The quantitative estimate of drug-likeness (QED) is 0.631. The van der Waals surface area contributed by atoms with Gasteiger partial charge in [-0.3, -0.25) is 9.69 Å². The Morgan fingerprint density at radius 1 is 0.897 bits per heavy atom. The third-order valence-electron chi connectivity index (χ3n) is 4.75. The summed E-state index contributed by atoms with van der Waals surface area (Å²) < 4.78 is 15.3. The van der Waals surface area contributed by atoms with Crippen LogP contribution in [0.1, 0.15) is 5.56 Å². The minimum absolute atomic E-state index is 0.102. The second-order valence-corrected chi connectivity index (χ2v) is 6.77. The Labute approximate surface area is 170 Å². The van der Waals surface area contributed by atoms with Crippen LogP contribution in [0.15, 0.2) is 54.6 Å². The molecule has 2 aromatic rings.